The van der Waals surface area contributed by atoms with E-state index in [9.17, 15) is 14.0 Å². The van der Waals surface area contributed by atoms with Gasteiger partial charge in [0.25, 0.3) is 0 Å². The standard InChI is InChI=1S/C14H18FNO4/c1-10(14(18)19)9-16-13(17)3-2-8-20-12-6-4-11(15)5-7-12/h4-7,10H,2-3,8-9H2,1H3,(H,16,17)(H,18,19). The van der Waals surface area contributed by atoms with Crippen molar-refractivity contribution in [1.29, 1.82) is 0 Å². The molecule has 0 bridgehead atoms. The first-order valence-electron chi connectivity index (χ1n) is 6.37. The highest BCUT2D eigenvalue weighted by molar-refractivity contribution is 5.77. The number of hydrogen-bond donors (Lipinski definition) is 2. The summed E-state index contributed by atoms with van der Waals surface area (Å²) in [6.07, 6.45) is 0.762. The molecule has 0 aliphatic carbocycles. The fourth-order valence-corrected chi connectivity index (χ4v) is 1.40. The van der Waals surface area contributed by atoms with Crippen LogP contribution in [0.3, 0.4) is 0 Å². The van der Waals surface area contributed by atoms with E-state index in [1.807, 2.05) is 0 Å². The number of benzene rings is 1. The maximum absolute atomic E-state index is 12.6. The second-order valence-electron chi connectivity index (χ2n) is 4.45. The Bertz CT molecular complexity index is 447. The Labute approximate surface area is 116 Å². The summed E-state index contributed by atoms with van der Waals surface area (Å²) in [7, 11) is 0. The van der Waals surface area contributed by atoms with E-state index in [0.717, 1.165) is 0 Å². The van der Waals surface area contributed by atoms with Gasteiger partial charge in [0, 0.05) is 13.0 Å². The van der Waals surface area contributed by atoms with Gasteiger partial charge in [0.05, 0.1) is 12.5 Å². The van der Waals surface area contributed by atoms with E-state index in [4.69, 9.17) is 9.84 Å². The van der Waals surface area contributed by atoms with Crippen LogP contribution in [0.15, 0.2) is 24.3 Å². The highest BCUT2D eigenvalue weighted by atomic mass is 19.1. The van der Waals surface area contributed by atoms with E-state index in [0.29, 0.717) is 18.8 Å². The third-order valence-corrected chi connectivity index (χ3v) is 2.66. The van der Waals surface area contributed by atoms with E-state index in [1.165, 1.54) is 31.2 Å². The number of amides is 1. The summed E-state index contributed by atoms with van der Waals surface area (Å²) >= 11 is 0. The molecule has 0 spiro atoms. The van der Waals surface area contributed by atoms with Crippen molar-refractivity contribution in [3.8, 4) is 5.75 Å². The molecule has 0 fully saturated rings. The molecule has 0 aliphatic rings. The monoisotopic (exact) mass is 283 g/mol. The number of rotatable bonds is 8. The van der Waals surface area contributed by atoms with Crippen molar-refractivity contribution in [2.75, 3.05) is 13.2 Å². The molecule has 1 aromatic rings. The van der Waals surface area contributed by atoms with Gasteiger partial charge in [0.15, 0.2) is 0 Å². The van der Waals surface area contributed by atoms with Gasteiger partial charge in [-0.3, -0.25) is 9.59 Å². The number of carboxylic acid groups (broad SMARTS) is 1. The van der Waals surface area contributed by atoms with Crippen molar-refractivity contribution in [3.05, 3.63) is 30.1 Å². The summed E-state index contributed by atoms with van der Waals surface area (Å²) in [5.41, 5.74) is 0. The lowest BCUT2D eigenvalue weighted by atomic mass is 10.2. The minimum atomic E-state index is -0.940. The lowest BCUT2D eigenvalue weighted by molar-refractivity contribution is -0.141. The van der Waals surface area contributed by atoms with Crippen molar-refractivity contribution >= 4 is 11.9 Å². The Hall–Kier alpha value is -2.11. The van der Waals surface area contributed by atoms with Crippen molar-refractivity contribution in [2.45, 2.75) is 19.8 Å². The number of carbonyl (C=O) groups excluding carboxylic acids is 1. The largest absolute Gasteiger partial charge is 0.494 e. The Morgan fingerprint density at radius 3 is 2.60 bits per heavy atom. The van der Waals surface area contributed by atoms with Crippen LogP contribution in [0.25, 0.3) is 0 Å². The summed E-state index contributed by atoms with van der Waals surface area (Å²) in [6.45, 7) is 1.99. The van der Waals surface area contributed by atoms with E-state index in [1.54, 1.807) is 0 Å². The lowest BCUT2D eigenvalue weighted by Crippen LogP contribution is -2.31. The average Bonchev–Trinajstić information content (AvgIpc) is 2.42. The van der Waals surface area contributed by atoms with Gasteiger partial charge < -0.3 is 15.2 Å². The van der Waals surface area contributed by atoms with Crippen LogP contribution in [0.1, 0.15) is 19.8 Å². The van der Waals surface area contributed by atoms with Crippen LogP contribution >= 0.6 is 0 Å². The van der Waals surface area contributed by atoms with Crippen molar-refractivity contribution < 1.29 is 23.8 Å². The quantitative estimate of drug-likeness (QED) is 0.714. The molecule has 0 saturated heterocycles. The fourth-order valence-electron chi connectivity index (χ4n) is 1.40. The predicted molar refractivity (Wildman–Crippen MR) is 70.9 cm³/mol. The zero-order valence-corrected chi connectivity index (χ0v) is 11.3. The molecule has 110 valence electrons. The van der Waals surface area contributed by atoms with Gasteiger partial charge in [0.2, 0.25) is 5.91 Å². The average molecular weight is 283 g/mol. The van der Waals surface area contributed by atoms with Gasteiger partial charge in [0.1, 0.15) is 11.6 Å². The van der Waals surface area contributed by atoms with Gasteiger partial charge in [-0.05, 0) is 30.7 Å². The smallest absolute Gasteiger partial charge is 0.308 e. The topological polar surface area (TPSA) is 75.6 Å². The third kappa shape index (κ3) is 6.17. The SMILES string of the molecule is CC(CNC(=O)CCCOc1ccc(F)cc1)C(=O)O. The van der Waals surface area contributed by atoms with Gasteiger partial charge >= 0.3 is 5.97 Å². The molecule has 5 nitrogen and oxygen atoms in total. The van der Waals surface area contributed by atoms with E-state index in [-0.39, 0.29) is 24.7 Å². The van der Waals surface area contributed by atoms with Gasteiger partial charge in [-0.15, -0.1) is 0 Å². The fraction of sp³-hybridized carbons (Fsp3) is 0.429. The van der Waals surface area contributed by atoms with Crippen LogP contribution in [0.2, 0.25) is 0 Å². The van der Waals surface area contributed by atoms with Crippen LogP contribution in [0.5, 0.6) is 5.75 Å². The number of aliphatic carboxylic acids is 1. The molecule has 1 rings (SSSR count). The number of carbonyl (C=O) groups is 2. The molecule has 0 aliphatic heterocycles. The Morgan fingerprint density at radius 1 is 1.35 bits per heavy atom. The van der Waals surface area contributed by atoms with Crippen molar-refractivity contribution in [3.63, 3.8) is 0 Å². The van der Waals surface area contributed by atoms with Crippen LogP contribution in [0.4, 0.5) is 4.39 Å². The molecular formula is C14H18FNO4. The maximum Gasteiger partial charge on any atom is 0.308 e. The number of nitrogens with one attached hydrogen (secondary N) is 1. The van der Waals surface area contributed by atoms with Gasteiger partial charge in [-0.25, -0.2) is 4.39 Å². The molecule has 1 amide bonds. The summed E-state index contributed by atoms with van der Waals surface area (Å²) in [5, 5.41) is 11.2. The summed E-state index contributed by atoms with van der Waals surface area (Å²) < 4.78 is 18.0. The highest BCUT2D eigenvalue weighted by Gasteiger charge is 2.11. The summed E-state index contributed by atoms with van der Waals surface area (Å²) in [6, 6.07) is 5.64. The zero-order valence-electron chi connectivity index (χ0n) is 11.3. The Kier molecular flexibility index (Phi) is 6.49. The van der Waals surface area contributed by atoms with Crippen LogP contribution in [0, 0.1) is 11.7 Å². The zero-order chi connectivity index (χ0) is 15.0. The highest BCUT2D eigenvalue weighted by Crippen LogP contribution is 2.11. The molecule has 0 saturated carbocycles. The molecule has 6 heteroatoms. The molecule has 0 heterocycles. The van der Waals surface area contributed by atoms with Crippen LogP contribution in [-0.2, 0) is 9.59 Å². The minimum Gasteiger partial charge on any atom is -0.494 e. The molecule has 0 radical (unpaired) electrons. The number of hydrogen-bond acceptors (Lipinski definition) is 3. The van der Waals surface area contributed by atoms with Gasteiger partial charge in [-0.2, -0.15) is 0 Å². The molecule has 20 heavy (non-hydrogen) atoms. The molecule has 1 aromatic carbocycles. The predicted octanol–water partition coefficient (Wildman–Crippen LogP) is 1.82. The van der Waals surface area contributed by atoms with E-state index < -0.39 is 11.9 Å². The van der Waals surface area contributed by atoms with Gasteiger partial charge in [-0.1, -0.05) is 6.92 Å². The van der Waals surface area contributed by atoms with Crippen LogP contribution in [-0.4, -0.2) is 30.1 Å². The maximum atomic E-state index is 12.6. The summed E-state index contributed by atoms with van der Waals surface area (Å²) in [5.74, 6) is -1.53. The molecule has 2 N–H and O–H groups in total. The minimum absolute atomic E-state index is 0.118. The second kappa shape index (κ2) is 8.14. The molecule has 0 aromatic heterocycles. The molecule has 1 unspecified atom stereocenters. The van der Waals surface area contributed by atoms with E-state index >= 15 is 0 Å². The van der Waals surface area contributed by atoms with Crippen molar-refractivity contribution in [2.24, 2.45) is 5.92 Å². The Balaban J connectivity index is 2.13. The first-order chi connectivity index (χ1) is 9.49. The lowest BCUT2D eigenvalue weighted by Gasteiger charge is -2.09. The van der Waals surface area contributed by atoms with E-state index in [2.05, 4.69) is 5.32 Å². The van der Waals surface area contributed by atoms with Crippen LogP contribution < -0.4 is 10.1 Å². The second-order valence-corrected chi connectivity index (χ2v) is 4.45. The first-order valence-corrected chi connectivity index (χ1v) is 6.37. The normalized spacial score (nSPS) is 11.7. The van der Waals surface area contributed by atoms with Crippen molar-refractivity contribution in [1.82, 2.24) is 5.32 Å². The third-order valence-electron chi connectivity index (χ3n) is 2.66. The Morgan fingerprint density at radius 2 is 2.00 bits per heavy atom. The number of carboxylic acids is 1. The molecular weight excluding hydrogens is 265 g/mol. The molecule has 1 atom stereocenters. The number of ether oxygens (including phenoxy) is 1. The number of halogens is 1. The summed E-state index contributed by atoms with van der Waals surface area (Å²) in [4.78, 5) is 22.0. The first kappa shape index (κ1) is 15.9.